The molecule has 0 radical (unpaired) electrons. The zero-order chi connectivity index (χ0) is 12.3. The van der Waals surface area contributed by atoms with Gasteiger partial charge in [-0.25, -0.2) is 0 Å². The maximum atomic E-state index is 11.7. The zero-order valence-electron chi connectivity index (χ0n) is 10.4. The Morgan fingerprint density at radius 3 is 2.76 bits per heavy atom. The molecule has 0 spiro atoms. The minimum Gasteiger partial charge on any atom is -0.468 e. The molecule has 1 aliphatic heterocycles. The van der Waals surface area contributed by atoms with Gasteiger partial charge in [-0.15, -0.1) is 0 Å². The highest BCUT2D eigenvalue weighted by Crippen LogP contribution is 2.29. The lowest BCUT2D eigenvalue weighted by Gasteiger charge is -2.29. The van der Waals surface area contributed by atoms with E-state index >= 15 is 0 Å². The highest BCUT2D eigenvalue weighted by atomic mass is 16.5. The maximum Gasteiger partial charge on any atom is 0.323 e. The van der Waals surface area contributed by atoms with Crippen LogP contribution in [0.2, 0.25) is 0 Å². The summed E-state index contributed by atoms with van der Waals surface area (Å²) >= 11 is 0. The van der Waals surface area contributed by atoms with Crippen LogP contribution in [0.3, 0.4) is 0 Å². The molecule has 1 fully saturated rings. The van der Waals surface area contributed by atoms with Gasteiger partial charge >= 0.3 is 5.97 Å². The number of hydrogen-bond acceptors (Lipinski definition) is 3. The van der Waals surface area contributed by atoms with Crippen molar-refractivity contribution in [3.8, 4) is 0 Å². The Morgan fingerprint density at radius 2 is 2.12 bits per heavy atom. The molecule has 2 atom stereocenters. The van der Waals surface area contributed by atoms with Gasteiger partial charge in [-0.3, -0.25) is 9.69 Å². The van der Waals surface area contributed by atoms with Gasteiger partial charge in [-0.1, -0.05) is 30.3 Å². The van der Waals surface area contributed by atoms with Gasteiger partial charge in [0.25, 0.3) is 0 Å². The van der Waals surface area contributed by atoms with E-state index in [9.17, 15) is 4.79 Å². The van der Waals surface area contributed by atoms with E-state index in [1.807, 2.05) is 18.2 Å². The van der Waals surface area contributed by atoms with E-state index in [0.29, 0.717) is 0 Å². The van der Waals surface area contributed by atoms with Crippen molar-refractivity contribution < 1.29 is 9.53 Å². The van der Waals surface area contributed by atoms with E-state index in [2.05, 4.69) is 24.0 Å². The summed E-state index contributed by atoms with van der Waals surface area (Å²) in [7, 11) is 1.46. The fourth-order valence-electron chi connectivity index (χ4n) is 2.56. The van der Waals surface area contributed by atoms with Crippen LogP contribution in [-0.4, -0.2) is 30.6 Å². The van der Waals surface area contributed by atoms with Crippen molar-refractivity contribution in [2.75, 3.05) is 13.7 Å². The lowest BCUT2D eigenvalue weighted by molar-refractivity contribution is -0.146. The molecule has 17 heavy (non-hydrogen) atoms. The number of methoxy groups -OCH3 is 1. The molecule has 1 saturated heterocycles. The summed E-state index contributed by atoms with van der Waals surface area (Å²) in [6.07, 6.45) is 1.97. The smallest absolute Gasteiger partial charge is 0.323 e. The number of nitrogens with zero attached hydrogens (tertiary/aromatic N) is 1. The van der Waals surface area contributed by atoms with Gasteiger partial charge in [0.2, 0.25) is 0 Å². The number of likely N-dealkylation sites (tertiary alicyclic amines) is 1. The second-order valence-corrected chi connectivity index (χ2v) is 4.51. The number of benzene rings is 1. The number of esters is 1. The Morgan fingerprint density at radius 1 is 1.41 bits per heavy atom. The summed E-state index contributed by atoms with van der Waals surface area (Å²) < 4.78 is 4.87. The number of rotatable bonds is 3. The van der Waals surface area contributed by atoms with E-state index in [-0.39, 0.29) is 18.1 Å². The van der Waals surface area contributed by atoms with E-state index in [1.54, 1.807) is 0 Å². The highest BCUT2D eigenvalue weighted by Gasteiger charge is 2.34. The first kappa shape index (κ1) is 12.1. The molecule has 1 unspecified atom stereocenters. The van der Waals surface area contributed by atoms with Crippen LogP contribution < -0.4 is 0 Å². The van der Waals surface area contributed by atoms with Crippen molar-refractivity contribution in [2.45, 2.75) is 31.8 Å². The normalized spacial score (nSPS) is 22.4. The SMILES string of the molecule is COC(=O)[C@@H]1CCCN1C(C)c1ccccc1. The first-order valence-corrected chi connectivity index (χ1v) is 6.12. The van der Waals surface area contributed by atoms with E-state index < -0.39 is 0 Å². The lowest BCUT2D eigenvalue weighted by Crippen LogP contribution is -2.38. The standard InChI is InChI=1S/C14H19NO2/c1-11(12-7-4-3-5-8-12)15-10-6-9-13(15)14(16)17-2/h3-5,7-8,11,13H,6,9-10H2,1-2H3/t11?,13-/m0/s1. The molecule has 92 valence electrons. The largest absolute Gasteiger partial charge is 0.468 e. The van der Waals surface area contributed by atoms with Gasteiger partial charge in [0, 0.05) is 6.04 Å². The Bertz CT molecular complexity index is 377. The molecular weight excluding hydrogens is 214 g/mol. The third-order valence-corrected chi connectivity index (χ3v) is 3.55. The van der Waals surface area contributed by atoms with E-state index in [0.717, 1.165) is 19.4 Å². The minimum absolute atomic E-state index is 0.0739. The summed E-state index contributed by atoms with van der Waals surface area (Å²) in [5, 5.41) is 0. The monoisotopic (exact) mass is 233 g/mol. The molecule has 0 N–H and O–H groups in total. The Hall–Kier alpha value is -1.35. The quantitative estimate of drug-likeness (QED) is 0.751. The van der Waals surface area contributed by atoms with Crippen molar-refractivity contribution in [2.24, 2.45) is 0 Å². The number of carbonyl (C=O) groups excluding carboxylic acids is 1. The van der Waals surface area contributed by atoms with Crippen LogP contribution in [0.15, 0.2) is 30.3 Å². The van der Waals surface area contributed by atoms with Gasteiger partial charge in [0.05, 0.1) is 7.11 Å². The fourth-order valence-corrected chi connectivity index (χ4v) is 2.56. The van der Waals surface area contributed by atoms with E-state index in [4.69, 9.17) is 4.74 Å². The molecule has 1 heterocycles. The Kier molecular flexibility index (Phi) is 3.79. The van der Waals surface area contributed by atoms with Crippen LogP contribution in [0.1, 0.15) is 31.4 Å². The minimum atomic E-state index is -0.106. The predicted octanol–water partition coefficient (Wildman–Crippen LogP) is 2.39. The molecule has 2 rings (SSSR count). The molecule has 0 bridgehead atoms. The molecule has 1 aromatic carbocycles. The topological polar surface area (TPSA) is 29.5 Å². The molecule has 1 aliphatic rings. The molecule has 3 heteroatoms. The number of ether oxygens (including phenoxy) is 1. The van der Waals surface area contributed by atoms with Crippen LogP contribution in [-0.2, 0) is 9.53 Å². The molecule has 0 saturated carbocycles. The first-order valence-electron chi connectivity index (χ1n) is 6.12. The summed E-state index contributed by atoms with van der Waals surface area (Å²) in [6.45, 7) is 3.12. The van der Waals surface area contributed by atoms with Gasteiger partial charge < -0.3 is 4.74 Å². The van der Waals surface area contributed by atoms with Crippen molar-refractivity contribution in [3.05, 3.63) is 35.9 Å². The third kappa shape index (κ3) is 2.50. The molecule has 3 nitrogen and oxygen atoms in total. The Balaban J connectivity index is 2.13. The van der Waals surface area contributed by atoms with Crippen LogP contribution in [0.4, 0.5) is 0 Å². The lowest BCUT2D eigenvalue weighted by atomic mass is 10.1. The van der Waals surface area contributed by atoms with Crippen molar-refractivity contribution in [1.82, 2.24) is 4.90 Å². The summed E-state index contributed by atoms with van der Waals surface area (Å²) in [4.78, 5) is 13.9. The molecule has 0 aromatic heterocycles. The predicted molar refractivity (Wildman–Crippen MR) is 66.6 cm³/mol. The van der Waals surface area contributed by atoms with Crippen molar-refractivity contribution in [1.29, 1.82) is 0 Å². The van der Waals surface area contributed by atoms with E-state index in [1.165, 1.54) is 12.7 Å². The maximum absolute atomic E-state index is 11.7. The average molecular weight is 233 g/mol. The number of hydrogen-bond donors (Lipinski definition) is 0. The summed E-state index contributed by atoms with van der Waals surface area (Å²) in [5.74, 6) is -0.106. The third-order valence-electron chi connectivity index (χ3n) is 3.55. The average Bonchev–Trinajstić information content (AvgIpc) is 2.87. The molecule has 0 aliphatic carbocycles. The fraction of sp³-hybridized carbons (Fsp3) is 0.500. The van der Waals surface area contributed by atoms with Gasteiger partial charge in [-0.05, 0) is 31.9 Å². The second kappa shape index (κ2) is 5.32. The van der Waals surface area contributed by atoms with Crippen LogP contribution in [0.25, 0.3) is 0 Å². The highest BCUT2D eigenvalue weighted by molar-refractivity contribution is 5.76. The first-order chi connectivity index (χ1) is 8.24. The van der Waals surface area contributed by atoms with Gasteiger partial charge in [0.1, 0.15) is 6.04 Å². The van der Waals surface area contributed by atoms with Crippen molar-refractivity contribution in [3.63, 3.8) is 0 Å². The van der Waals surface area contributed by atoms with Crippen molar-refractivity contribution >= 4 is 5.97 Å². The van der Waals surface area contributed by atoms with Gasteiger partial charge in [0.15, 0.2) is 0 Å². The van der Waals surface area contributed by atoms with Gasteiger partial charge in [-0.2, -0.15) is 0 Å². The summed E-state index contributed by atoms with van der Waals surface area (Å²) in [6, 6.07) is 10.5. The van der Waals surface area contributed by atoms with Crippen LogP contribution >= 0.6 is 0 Å². The second-order valence-electron chi connectivity index (χ2n) is 4.51. The number of carbonyl (C=O) groups is 1. The zero-order valence-corrected chi connectivity index (χ0v) is 10.4. The summed E-state index contributed by atoms with van der Waals surface area (Å²) in [5.41, 5.74) is 1.25. The molecular formula is C14H19NO2. The van der Waals surface area contributed by atoms with Crippen LogP contribution in [0.5, 0.6) is 0 Å². The Labute approximate surface area is 102 Å². The molecule has 0 amide bonds. The molecule has 1 aromatic rings. The van der Waals surface area contributed by atoms with Crippen LogP contribution in [0, 0.1) is 0 Å².